The van der Waals surface area contributed by atoms with Gasteiger partial charge in [0.25, 0.3) is 0 Å². The van der Waals surface area contributed by atoms with E-state index in [4.69, 9.17) is 0 Å². The van der Waals surface area contributed by atoms with E-state index in [1.54, 1.807) is 0 Å². The molecule has 0 aromatic carbocycles. The second kappa shape index (κ2) is 6.72. The van der Waals surface area contributed by atoms with Crippen molar-refractivity contribution in [1.29, 1.82) is 0 Å². The van der Waals surface area contributed by atoms with Crippen molar-refractivity contribution in [3.05, 3.63) is 22.4 Å². The van der Waals surface area contributed by atoms with Gasteiger partial charge in [-0.3, -0.25) is 0 Å². The van der Waals surface area contributed by atoms with Crippen LogP contribution in [0.1, 0.15) is 63.8 Å². The van der Waals surface area contributed by atoms with Crippen molar-refractivity contribution in [3.63, 3.8) is 0 Å². The molecule has 1 aromatic rings. The van der Waals surface area contributed by atoms with Gasteiger partial charge in [-0.05, 0) is 49.5 Å². The molecular formula is C16H27NS. The molecule has 1 aliphatic rings. The maximum Gasteiger partial charge on any atom is 0.0388 e. The highest BCUT2D eigenvalue weighted by Gasteiger charge is 2.23. The van der Waals surface area contributed by atoms with Gasteiger partial charge >= 0.3 is 0 Å². The lowest BCUT2D eigenvalue weighted by Crippen LogP contribution is -2.35. The first-order valence-corrected chi connectivity index (χ1v) is 8.32. The molecule has 0 bridgehead atoms. The molecule has 1 heterocycles. The summed E-state index contributed by atoms with van der Waals surface area (Å²) in [6, 6.07) is 5.66. The van der Waals surface area contributed by atoms with E-state index in [9.17, 15) is 0 Å². The van der Waals surface area contributed by atoms with Crippen LogP contribution in [0.25, 0.3) is 0 Å². The minimum absolute atomic E-state index is 0.521. The standard InChI is InChI=1S/C16H27NS/c1-12(2)10-14-6-4-7-15(11-14)17-13(3)16-8-5-9-18-16/h5,8-9,12-15,17H,4,6-7,10-11H2,1-3H3/t13-,14?,15?/m0/s1. The van der Waals surface area contributed by atoms with Crippen LogP contribution in [-0.2, 0) is 0 Å². The Kier molecular flexibility index (Phi) is 5.25. The lowest BCUT2D eigenvalue weighted by Gasteiger charge is -2.32. The number of hydrogen-bond donors (Lipinski definition) is 1. The smallest absolute Gasteiger partial charge is 0.0388 e. The molecule has 2 unspecified atom stereocenters. The summed E-state index contributed by atoms with van der Waals surface area (Å²) in [7, 11) is 0. The first-order chi connectivity index (χ1) is 8.65. The van der Waals surface area contributed by atoms with E-state index < -0.39 is 0 Å². The zero-order chi connectivity index (χ0) is 13.0. The topological polar surface area (TPSA) is 12.0 Å². The van der Waals surface area contributed by atoms with Gasteiger partial charge in [0, 0.05) is 17.0 Å². The second-order valence-electron chi connectivity index (χ2n) is 6.26. The maximum atomic E-state index is 3.83. The quantitative estimate of drug-likeness (QED) is 0.789. The molecule has 1 fully saturated rings. The van der Waals surface area contributed by atoms with E-state index in [0.717, 1.165) is 17.9 Å². The van der Waals surface area contributed by atoms with E-state index in [1.165, 1.54) is 37.0 Å². The summed E-state index contributed by atoms with van der Waals surface area (Å²) in [5.74, 6) is 1.80. The zero-order valence-corrected chi connectivity index (χ0v) is 12.8. The lowest BCUT2D eigenvalue weighted by molar-refractivity contribution is 0.243. The van der Waals surface area contributed by atoms with Crippen molar-refractivity contribution in [1.82, 2.24) is 5.32 Å². The minimum atomic E-state index is 0.521. The highest BCUT2D eigenvalue weighted by Crippen LogP contribution is 2.31. The number of nitrogens with one attached hydrogen (secondary N) is 1. The summed E-state index contributed by atoms with van der Waals surface area (Å²) < 4.78 is 0. The van der Waals surface area contributed by atoms with Crippen molar-refractivity contribution < 1.29 is 0 Å². The van der Waals surface area contributed by atoms with Crippen molar-refractivity contribution in [2.75, 3.05) is 0 Å². The molecule has 0 saturated heterocycles. The van der Waals surface area contributed by atoms with Crippen molar-refractivity contribution >= 4 is 11.3 Å². The highest BCUT2D eigenvalue weighted by atomic mass is 32.1. The fourth-order valence-electron chi connectivity index (χ4n) is 3.30. The Morgan fingerprint density at radius 1 is 1.33 bits per heavy atom. The molecule has 2 rings (SSSR count). The Morgan fingerprint density at radius 2 is 2.17 bits per heavy atom. The summed E-state index contributed by atoms with van der Waals surface area (Å²) in [6.07, 6.45) is 7.01. The molecule has 1 N–H and O–H groups in total. The molecule has 1 nitrogen and oxygen atoms in total. The summed E-state index contributed by atoms with van der Waals surface area (Å²) >= 11 is 1.87. The molecule has 3 atom stereocenters. The molecule has 1 saturated carbocycles. The summed E-state index contributed by atoms with van der Waals surface area (Å²) in [4.78, 5) is 1.47. The Bertz CT molecular complexity index is 331. The zero-order valence-electron chi connectivity index (χ0n) is 12.0. The van der Waals surface area contributed by atoms with Gasteiger partial charge in [-0.25, -0.2) is 0 Å². The molecule has 102 valence electrons. The fourth-order valence-corrected chi connectivity index (χ4v) is 4.04. The average molecular weight is 265 g/mol. The first-order valence-electron chi connectivity index (χ1n) is 7.44. The van der Waals surface area contributed by atoms with Gasteiger partial charge < -0.3 is 5.32 Å². The second-order valence-corrected chi connectivity index (χ2v) is 7.24. The normalized spacial score (nSPS) is 26.4. The van der Waals surface area contributed by atoms with E-state index in [0.29, 0.717) is 6.04 Å². The van der Waals surface area contributed by atoms with Crippen LogP contribution < -0.4 is 5.32 Å². The van der Waals surface area contributed by atoms with Gasteiger partial charge in [0.2, 0.25) is 0 Å². The third kappa shape index (κ3) is 4.10. The fraction of sp³-hybridized carbons (Fsp3) is 0.750. The van der Waals surface area contributed by atoms with Gasteiger partial charge in [-0.2, -0.15) is 0 Å². The third-order valence-electron chi connectivity index (χ3n) is 4.04. The SMILES string of the molecule is CC(C)CC1CCCC(N[C@@H](C)c2cccs2)C1. The first kappa shape index (κ1) is 14.1. The highest BCUT2D eigenvalue weighted by molar-refractivity contribution is 7.10. The molecule has 18 heavy (non-hydrogen) atoms. The Morgan fingerprint density at radius 3 is 2.83 bits per heavy atom. The monoisotopic (exact) mass is 265 g/mol. The molecular weight excluding hydrogens is 238 g/mol. The predicted octanol–water partition coefficient (Wildman–Crippen LogP) is 5.00. The summed E-state index contributed by atoms with van der Waals surface area (Å²) in [5.41, 5.74) is 0. The molecule has 1 aliphatic carbocycles. The van der Waals surface area contributed by atoms with Gasteiger partial charge in [-0.1, -0.05) is 32.8 Å². The molecule has 0 radical (unpaired) electrons. The third-order valence-corrected chi connectivity index (χ3v) is 5.10. The molecule has 0 spiro atoms. The summed E-state index contributed by atoms with van der Waals surface area (Å²) in [5, 5.41) is 6.01. The number of rotatable bonds is 5. The van der Waals surface area contributed by atoms with Crippen LogP contribution in [0.5, 0.6) is 0 Å². The molecule has 0 amide bonds. The van der Waals surface area contributed by atoms with Crippen LogP contribution in [0.3, 0.4) is 0 Å². The van der Waals surface area contributed by atoms with Crippen molar-refractivity contribution in [2.45, 2.75) is 65.0 Å². The van der Waals surface area contributed by atoms with Crippen LogP contribution in [0, 0.1) is 11.8 Å². The summed E-state index contributed by atoms with van der Waals surface area (Å²) in [6.45, 7) is 7.01. The van der Waals surface area contributed by atoms with E-state index in [-0.39, 0.29) is 0 Å². The molecule has 0 aliphatic heterocycles. The maximum absolute atomic E-state index is 3.83. The number of hydrogen-bond acceptors (Lipinski definition) is 2. The average Bonchev–Trinajstić information content (AvgIpc) is 2.81. The Balaban J connectivity index is 1.82. The van der Waals surface area contributed by atoms with Gasteiger partial charge in [0.05, 0.1) is 0 Å². The van der Waals surface area contributed by atoms with Crippen LogP contribution in [0.2, 0.25) is 0 Å². The lowest BCUT2D eigenvalue weighted by atomic mass is 9.81. The van der Waals surface area contributed by atoms with Crippen molar-refractivity contribution in [3.8, 4) is 0 Å². The van der Waals surface area contributed by atoms with E-state index >= 15 is 0 Å². The largest absolute Gasteiger partial charge is 0.307 e. The van der Waals surface area contributed by atoms with E-state index in [1.807, 2.05) is 11.3 Å². The Hall–Kier alpha value is -0.340. The van der Waals surface area contributed by atoms with Crippen LogP contribution >= 0.6 is 11.3 Å². The Labute approximate surface area is 116 Å². The van der Waals surface area contributed by atoms with Crippen LogP contribution in [0.15, 0.2) is 17.5 Å². The molecule has 1 aromatic heterocycles. The number of thiophene rings is 1. The minimum Gasteiger partial charge on any atom is -0.307 e. The predicted molar refractivity (Wildman–Crippen MR) is 81.1 cm³/mol. The van der Waals surface area contributed by atoms with Gasteiger partial charge in [0.1, 0.15) is 0 Å². The van der Waals surface area contributed by atoms with Crippen LogP contribution in [0.4, 0.5) is 0 Å². The van der Waals surface area contributed by atoms with Crippen molar-refractivity contribution in [2.24, 2.45) is 11.8 Å². The van der Waals surface area contributed by atoms with E-state index in [2.05, 4.69) is 43.6 Å². The van der Waals surface area contributed by atoms with Gasteiger partial charge in [0.15, 0.2) is 0 Å². The molecule has 2 heteroatoms. The van der Waals surface area contributed by atoms with Gasteiger partial charge in [-0.15, -0.1) is 11.3 Å². The van der Waals surface area contributed by atoms with Crippen LogP contribution in [-0.4, -0.2) is 6.04 Å².